The van der Waals surface area contributed by atoms with E-state index in [9.17, 15) is 4.79 Å². The number of rotatable bonds is 4. The molecule has 0 spiro atoms. The quantitative estimate of drug-likeness (QED) is 0.793. The monoisotopic (exact) mass is 215 g/mol. The second-order valence-corrected chi connectivity index (χ2v) is 3.55. The molecule has 0 saturated heterocycles. The maximum absolute atomic E-state index is 10.2. The zero-order chi connectivity index (χ0) is 11.4. The molecule has 0 aliphatic carbocycles. The average molecular weight is 215 g/mol. The molecular formula is C13H13NO2. The summed E-state index contributed by atoms with van der Waals surface area (Å²) in [6.07, 6.45) is 0.707. The van der Waals surface area contributed by atoms with Gasteiger partial charge in [-0.25, -0.2) is 0 Å². The summed E-state index contributed by atoms with van der Waals surface area (Å²) >= 11 is 0. The number of carbonyl (C=O) groups is 1. The normalized spacial score (nSPS) is 10.1. The van der Waals surface area contributed by atoms with Gasteiger partial charge in [0.2, 0.25) is 6.41 Å². The summed E-state index contributed by atoms with van der Waals surface area (Å²) in [6.45, 7) is 0.561. The largest absolute Gasteiger partial charge is 0.497 e. The van der Waals surface area contributed by atoms with Gasteiger partial charge in [0, 0.05) is 6.54 Å². The van der Waals surface area contributed by atoms with Gasteiger partial charge in [-0.1, -0.05) is 18.2 Å². The summed E-state index contributed by atoms with van der Waals surface area (Å²) in [5, 5.41) is 4.92. The minimum absolute atomic E-state index is 0.561. The summed E-state index contributed by atoms with van der Waals surface area (Å²) in [5.74, 6) is 0.853. The Kier molecular flexibility index (Phi) is 3.05. The first-order valence-electron chi connectivity index (χ1n) is 5.07. The van der Waals surface area contributed by atoms with Crippen LogP contribution in [0.15, 0.2) is 36.4 Å². The van der Waals surface area contributed by atoms with Gasteiger partial charge in [0.25, 0.3) is 0 Å². The van der Waals surface area contributed by atoms with Gasteiger partial charge >= 0.3 is 0 Å². The van der Waals surface area contributed by atoms with Crippen molar-refractivity contribution in [2.24, 2.45) is 0 Å². The molecule has 0 aliphatic rings. The fraction of sp³-hybridized carbons (Fsp3) is 0.154. The third kappa shape index (κ3) is 2.14. The maximum atomic E-state index is 10.2. The van der Waals surface area contributed by atoms with Crippen molar-refractivity contribution < 1.29 is 9.53 Å². The summed E-state index contributed by atoms with van der Waals surface area (Å²) in [6, 6.07) is 12.0. The number of ether oxygens (including phenoxy) is 1. The second-order valence-electron chi connectivity index (χ2n) is 3.55. The Labute approximate surface area is 94.0 Å². The summed E-state index contributed by atoms with van der Waals surface area (Å²) in [7, 11) is 1.66. The van der Waals surface area contributed by atoms with E-state index in [1.165, 1.54) is 0 Å². The van der Waals surface area contributed by atoms with Crippen LogP contribution in [-0.4, -0.2) is 13.5 Å². The van der Waals surface area contributed by atoms with E-state index in [0.29, 0.717) is 13.0 Å². The van der Waals surface area contributed by atoms with E-state index >= 15 is 0 Å². The molecule has 2 aromatic carbocycles. The highest BCUT2D eigenvalue weighted by Crippen LogP contribution is 2.21. The molecule has 0 unspecified atom stereocenters. The van der Waals surface area contributed by atoms with Crippen LogP contribution >= 0.6 is 0 Å². The molecule has 0 saturated carbocycles. The van der Waals surface area contributed by atoms with Crippen LogP contribution in [-0.2, 0) is 11.3 Å². The number of carbonyl (C=O) groups excluding carboxylic acids is 1. The van der Waals surface area contributed by atoms with E-state index in [2.05, 4.69) is 11.4 Å². The van der Waals surface area contributed by atoms with Gasteiger partial charge in [-0.15, -0.1) is 0 Å². The topological polar surface area (TPSA) is 38.3 Å². The predicted octanol–water partition coefficient (Wildman–Crippen LogP) is 2.09. The molecule has 0 heterocycles. The molecule has 0 aliphatic heterocycles. The number of benzene rings is 2. The Balaban J connectivity index is 2.35. The van der Waals surface area contributed by atoms with Crippen LogP contribution in [0.4, 0.5) is 0 Å². The van der Waals surface area contributed by atoms with E-state index in [-0.39, 0.29) is 0 Å². The Hall–Kier alpha value is -2.03. The predicted molar refractivity (Wildman–Crippen MR) is 63.4 cm³/mol. The van der Waals surface area contributed by atoms with Crippen LogP contribution in [0, 0.1) is 0 Å². The second kappa shape index (κ2) is 4.66. The SMILES string of the molecule is COc1ccc2cc(CNC=O)ccc2c1. The highest BCUT2D eigenvalue weighted by atomic mass is 16.5. The molecule has 2 aromatic rings. The van der Waals surface area contributed by atoms with Crippen molar-refractivity contribution in [2.45, 2.75) is 6.54 Å². The number of hydrogen-bond acceptors (Lipinski definition) is 2. The number of methoxy groups -OCH3 is 1. The molecule has 0 bridgehead atoms. The zero-order valence-corrected chi connectivity index (χ0v) is 9.07. The molecule has 1 amide bonds. The van der Waals surface area contributed by atoms with Crippen molar-refractivity contribution in [3.8, 4) is 5.75 Å². The van der Waals surface area contributed by atoms with Crippen molar-refractivity contribution in [1.82, 2.24) is 5.32 Å². The molecule has 0 atom stereocenters. The minimum atomic E-state index is 0.561. The van der Waals surface area contributed by atoms with E-state index in [1.807, 2.05) is 30.3 Å². The van der Waals surface area contributed by atoms with Crippen LogP contribution in [0.2, 0.25) is 0 Å². The third-order valence-electron chi connectivity index (χ3n) is 2.50. The molecule has 3 nitrogen and oxygen atoms in total. The van der Waals surface area contributed by atoms with Gasteiger partial charge < -0.3 is 10.1 Å². The number of fused-ring (bicyclic) bond motifs is 1. The molecule has 0 fully saturated rings. The van der Waals surface area contributed by atoms with Gasteiger partial charge in [-0.3, -0.25) is 4.79 Å². The standard InChI is InChI=1S/C13H13NO2/c1-16-13-5-4-11-6-10(8-14-9-15)2-3-12(11)7-13/h2-7,9H,8H2,1H3,(H,14,15). The number of nitrogens with one attached hydrogen (secondary N) is 1. The maximum Gasteiger partial charge on any atom is 0.207 e. The van der Waals surface area contributed by atoms with Gasteiger partial charge in [0.05, 0.1) is 7.11 Å². The smallest absolute Gasteiger partial charge is 0.207 e. The van der Waals surface area contributed by atoms with Crippen molar-refractivity contribution in [3.05, 3.63) is 42.0 Å². The van der Waals surface area contributed by atoms with Crippen LogP contribution in [0.1, 0.15) is 5.56 Å². The van der Waals surface area contributed by atoms with E-state index in [1.54, 1.807) is 7.11 Å². The summed E-state index contributed by atoms with van der Waals surface area (Å²) in [5.41, 5.74) is 1.09. The molecule has 1 N–H and O–H groups in total. The Morgan fingerprint density at radius 1 is 1.19 bits per heavy atom. The highest BCUT2D eigenvalue weighted by Gasteiger charge is 1.98. The highest BCUT2D eigenvalue weighted by molar-refractivity contribution is 5.84. The first kappa shape index (κ1) is 10.5. The third-order valence-corrected chi connectivity index (χ3v) is 2.50. The number of amides is 1. The van der Waals surface area contributed by atoms with Crippen molar-refractivity contribution in [3.63, 3.8) is 0 Å². The lowest BCUT2D eigenvalue weighted by Gasteiger charge is -2.05. The molecule has 3 heteroatoms. The molecule has 0 aromatic heterocycles. The molecule has 0 radical (unpaired) electrons. The fourth-order valence-electron chi connectivity index (χ4n) is 1.67. The first-order chi connectivity index (χ1) is 7.83. The van der Waals surface area contributed by atoms with Gasteiger partial charge in [-0.2, -0.15) is 0 Å². The van der Waals surface area contributed by atoms with Crippen molar-refractivity contribution >= 4 is 17.2 Å². The lowest BCUT2D eigenvalue weighted by molar-refractivity contribution is -0.109. The zero-order valence-electron chi connectivity index (χ0n) is 9.07. The van der Waals surface area contributed by atoms with Crippen LogP contribution in [0.3, 0.4) is 0 Å². The average Bonchev–Trinajstić information content (AvgIpc) is 2.35. The van der Waals surface area contributed by atoms with E-state index in [0.717, 1.165) is 22.1 Å². The number of hydrogen-bond donors (Lipinski definition) is 1. The van der Waals surface area contributed by atoms with Gasteiger partial charge in [0.15, 0.2) is 0 Å². The molecule has 16 heavy (non-hydrogen) atoms. The van der Waals surface area contributed by atoms with Crippen LogP contribution < -0.4 is 10.1 Å². The van der Waals surface area contributed by atoms with E-state index < -0.39 is 0 Å². The van der Waals surface area contributed by atoms with Crippen molar-refractivity contribution in [2.75, 3.05) is 7.11 Å². The first-order valence-corrected chi connectivity index (χ1v) is 5.07. The Morgan fingerprint density at radius 2 is 1.94 bits per heavy atom. The van der Waals surface area contributed by atoms with Crippen molar-refractivity contribution in [1.29, 1.82) is 0 Å². The lowest BCUT2D eigenvalue weighted by atomic mass is 10.1. The molecule has 82 valence electrons. The fourth-order valence-corrected chi connectivity index (χ4v) is 1.67. The summed E-state index contributed by atoms with van der Waals surface area (Å²) < 4.78 is 5.16. The molecular weight excluding hydrogens is 202 g/mol. The van der Waals surface area contributed by atoms with Crippen LogP contribution in [0.5, 0.6) is 5.75 Å². The Bertz CT molecular complexity index is 508. The molecule has 2 rings (SSSR count). The van der Waals surface area contributed by atoms with E-state index in [4.69, 9.17) is 4.74 Å². The lowest BCUT2D eigenvalue weighted by Crippen LogP contribution is -2.09. The minimum Gasteiger partial charge on any atom is -0.497 e. The van der Waals surface area contributed by atoms with Crippen LogP contribution in [0.25, 0.3) is 10.8 Å². The van der Waals surface area contributed by atoms with Gasteiger partial charge in [-0.05, 0) is 34.5 Å². The Morgan fingerprint density at radius 3 is 2.69 bits per heavy atom. The summed E-state index contributed by atoms with van der Waals surface area (Å²) in [4.78, 5) is 10.2. The van der Waals surface area contributed by atoms with Gasteiger partial charge in [0.1, 0.15) is 5.75 Å².